The van der Waals surface area contributed by atoms with E-state index < -0.39 is 0 Å². The van der Waals surface area contributed by atoms with E-state index in [4.69, 9.17) is 15.2 Å². The van der Waals surface area contributed by atoms with Gasteiger partial charge in [0.25, 0.3) is 0 Å². The van der Waals surface area contributed by atoms with Gasteiger partial charge < -0.3 is 15.2 Å². The van der Waals surface area contributed by atoms with Gasteiger partial charge in [0.15, 0.2) is 11.5 Å². The van der Waals surface area contributed by atoms with E-state index in [1.165, 1.54) is 25.9 Å². The SMILES string of the molecule is COc1ccc(N)cc1OCCN1CCCC1. The molecule has 1 aromatic rings. The van der Waals surface area contributed by atoms with E-state index >= 15 is 0 Å². The highest BCUT2D eigenvalue weighted by molar-refractivity contribution is 5.51. The first kappa shape index (κ1) is 12.0. The van der Waals surface area contributed by atoms with Crippen molar-refractivity contribution >= 4 is 5.69 Å². The van der Waals surface area contributed by atoms with Crippen LogP contribution in [0.15, 0.2) is 18.2 Å². The van der Waals surface area contributed by atoms with Crippen LogP contribution in [-0.2, 0) is 0 Å². The molecule has 1 aliphatic rings. The van der Waals surface area contributed by atoms with Gasteiger partial charge in [0, 0.05) is 18.3 Å². The molecule has 2 rings (SSSR count). The van der Waals surface area contributed by atoms with Crippen molar-refractivity contribution in [1.82, 2.24) is 4.90 Å². The minimum absolute atomic E-state index is 0.680. The summed E-state index contributed by atoms with van der Waals surface area (Å²) < 4.78 is 11.0. The van der Waals surface area contributed by atoms with Crippen LogP contribution in [0.25, 0.3) is 0 Å². The average Bonchev–Trinajstić information content (AvgIpc) is 2.82. The van der Waals surface area contributed by atoms with E-state index in [-0.39, 0.29) is 0 Å². The largest absolute Gasteiger partial charge is 0.493 e. The van der Waals surface area contributed by atoms with Crippen molar-refractivity contribution in [3.05, 3.63) is 18.2 Å². The average molecular weight is 236 g/mol. The third kappa shape index (κ3) is 3.27. The number of anilines is 1. The summed E-state index contributed by atoms with van der Waals surface area (Å²) in [6.07, 6.45) is 2.61. The molecule has 0 aliphatic carbocycles. The van der Waals surface area contributed by atoms with Crippen molar-refractivity contribution in [1.29, 1.82) is 0 Å². The highest BCUT2D eigenvalue weighted by Crippen LogP contribution is 2.28. The molecule has 1 saturated heterocycles. The van der Waals surface area contributed by atoms with Crippen LogP contribution in [0.2, 0.25) is 0 Å². The Labute approximate surface area is 102 Å². The van der Waals surface area contributed by atoms with Crippen LogP contribution in [-0.4, -0.2) is 38.3 Å². The highest BCUT2D eigenvalue weighted by Gasteiger charge is 2.11. The Hall–Kier alpha value is -1.42. The highest BCUT2D eigenvalue weighted by atomic mass is 16.5. The number of methoxy groups -OCH3 is 1. The molecule has 0 amide bonds. The van der Waals surface area contributed by atoms with E-state index in [0.29, 0.717) is 12.3 Å². The molecule has 1 aromatic carbocycles. The molecule has 0 spiro atoms. The first-order valence-electron chi connectivity index (χ1n) is 6.08. The van der Waals surface area contributed by atoms with Crippen LogP contribution in [0.5, 0.6) is 11.5 Å². The normalized spacial score (nSPS) is 16.1. The summed E-state index contributed by atoms with van der Waals surface area (Å²) in [6.45, 7) is 4.03. The zero-order chi connectivity index (χ0) is 12.1. The fourth-order valence-corrected chi connectivity index (χ4v) is 2.10. The van der Waals surface area contributed by atoms with Gasteiger partial charge in [0.2, 0.25) is 0 Å². The number of nitrogens with two attached hydrogens (primary N) is 1. The van der Waals surface area contributed by atoms with E-state index in [2.05, 4.69) is 4.90 Å². The van der Waals surface area contributed by atoms with E-state index in [1.807, 2.05) is 18.2 Å². The Balaban J connectivity index is 1.86. The maximum Gasteiger partial charge on any atom is 0.163 e. The first-order chi connectivity index (χ1) is 8.29. The minimum Gasteiger partial charge on any atom is -0.493 e. The predicted octanol–water partition coefficient (Wildman–Crippen LogP) is 1.75. The smallest absolute Gasteiger partial charge is 0.163 e. The summed E-state index contributed by atoms with van der Waals surface area (Å²) >= 11 is 0. The van der Waals surface area contributed by atoms with Gasteiger partial charge in [-0.3, -0.25) is 4.90 Å². The molecule has 1 heterocycles. The summed E-state index contributed by atoms with van der Waals surface area (Å²) in [5.41, 5.74) is 6.43. The molecule has 0 atom stereocenters. The molecule has 1 fully saturated rings. The molecule has 4 heteroatoms. The summed E-state index contributed by atoms with van der Waals surface area (Å²) in [5, 5.41) is 0. The lowest BCUT2D eigenvalue weighted by molar-refractivity contribution is 0.230. The van der Waals surface area contributed by atoms with Gasteiger partial charge in [-0.1, -0.05) is 0 Å². The number of likely N-dealkylation sites (tertiary alicyclic amines) is 1. The molecule has 0 aromatic heterocycles. The standard InChI is InChI=1S/C13H20N2O2/c1-16-12-5-4-11(14)10-13(12)17-9-8-15-6-2-3-7-15/h4-5,10H,2-3,6-9,14H2,1H3. The second kappa shape index (κ2) is 5.77. The Morgan fingerprint density at radius 3 is 2.71 bits per heavy atom. The maximum absolute atomic E-state index is 5.73. The molecule has 4 nitrogen and oxygen atoms in total. The lowest BCUT2D eigenvalue weighted by Gasteiger charge is -2.16. The minimum atomic E-state index is 0.680. The third-order valence-electron chi connectivity index (χ3n) is 3.05. The Morgan fingerprint density at radius 1 is 1.24 bits per heavy atom. The van der Waals surface area contributed by atoms with Crippen molar-refractivity contribution in [2.24, 2.45) is 0 Å². The van der Waals surface area contributed by atoms with Gasteiger partial charge in [-0.25, -0.2) is 0 Å². The van der Waals surface area contributed by atoms with Gasteiger partial charge in [-0.2, -0.15) is 0 Å². The van der Waals surface area contributed by atoms with Crippen molar-refractivity contribution in [3.8, 4) is 11.5 Å². The molecule has 0 saturated carbocycles. The fraction of sp³-hybridized carbons (Fsp3) is 0.538. The Morgan fingerprint density at radius 2 is 2.00 bits per heavy atom. The van der Waals surface area contributed by atoms with Gasteiger partial charge in [0.05, 0.1) is 7.11 Å². The predicted molar refractivity (Wildman–Crippen MR) is 68.6 cm³/mol. The van der Waals surface area contributed by atoms with E-state index in [9.17, 15) is 0 Å². The zero-order valence-corrected chi connectivity index (χ0v) is 10.3. The number of nitrogen functional groups attached to an aromatic ring is 1. The number of hydrogen-bond acceptors (Lipinski definition) is 4. The van der Waals surface area contributed by atoms with Crippen LogP contribution >= 0.6 is 0 Å². The van der Waals surface area contributed by atoms with Crippen LogP contribution in [0.4, 0.5) is 5.69 Å². The molecule has 2 N–H and O–H groups in total. The summed E-state index contributed by atoms with van der Waals surface area (Å²) in [4.78, 5) is 2.42. The molecule has 0 radical (unpaired) electrons. The van der Waals surface area contributed by atoms with Crippen molar-refractivity contribution < 1.29 is 9.47 Å². The molecule has 17 heavy (non-hydrogen) atoms. The monoisotopic (exact) mass is 236 g/mol. The maximum atomic E-state index is 5.73. The van der Waals surface area contributed by atoms with Gasteiger partial charge in [-0.15, -0.1) is 0 Å². The summed E-state index contributed by atoms with van der Waals surface area (Å²) in [6, 6.07) is 5.45. The van der Waals surface area contributed by atoms with Crippen molar-refractivity contribution in [2.75, 3.05) is 39.1 Å². The zero-order valence-electron chi connectivity index (χ0n) is 10.3. The fourth-order valence-electron chi connectivity index (χ4n) is 2.10. The molecule has 0 unspecified atom stereocenters. The van der Waals surface area contributed by atoms with Crippen molar-refractivity contribution in [3.63, 3.8) is 0 Å². The van der Waals surface area contributed by atoms with Crippen molar-refractivity contribution in [2.45, 2.75) is 12.8 Å². The molecule has 94 valence electrons. The number of benzene rings is 1. The first-order valence-corrected chi connectivity index (χ1v) is 6.08. The molecule has 0 bridgehead atoms. The summed E-state index contributed by atoms with van der Waals surface area (Å²) in [7, 11) is 1.64. The third-order valence-corrected chi connectivity index (χ3v) is 3.05. The Kier molecular flexibility index (Phi) is 4.09. The number of hydrogen-bond donors (Lipinski definition) is 1. The van der Waals surface area contributed by atoms with Gasteiger partial charge in [0.1, 0.15) is 6.61 Å². The molecular formula is C13H20N2O2. The molecular weight excluding hydrogens is 216 g/mol. The lowest BCUT2D eigenvalue weighted by Crippen LogP contribution is -2.25. The number of rotatable bonds is 5. The lowest BCUT2D eigenvalue weighted by atomic mass is 10.3. The van der Waals surface area contributed by atoms with Crippen LogP contribution in [0.3, 0.4) is 0 Å². The summed E-state index contributed by atoms with van der Waals surface area (Å²) in [5.74, 6) is 1.47. The van der Waals surface area contributed by atoms with Crippen LogP contribution in [0, 0.1) is 0 Å². The second-order valence-corrected chi connectivity index (χ2v) is 4.31. The number of ether oxygens (including phenoxy) is 2. The van der Waals surface area contributed by atoms with Gasteiger partial charge in [-0.05, 0) is 38.1 Å². The Bertz CT molecular complexity index is 362. The topological polar surface area (TPSA) is 47.7 Å². The van der Waals surface area contributed by atoms with Crippen LogP contribution < -0.4 is 15.2 Å². The van der Waals surface area contributed by atoms with E-state index in [1.54, 1.807) is 7.11 Å². The molecule has 1 aliphatic heterocycles. The quantitative estimate of drug-likeness (QED) is 0.791. The van der Waals surface area contributed by atoms with Crippen LogP contribution in [0.1, 0.15) is 12.8 Å². The second-order valence-electron chi connectivity index (χ2n) is 4.31. The van der Waals surface area contributed by atoms with E-state index in [0.717, 1.165) is 18.0 Å². The number of nitrogens with zero attached hydrogens (tertiary/aromatic N) is 1. The van der Waals surface area contributed by atoms with Gasteiger partial charge >= 0.3 is 0 Å².